The van der Waals surface area contributed by atoms with E-state index in [1.807, 2.05) is 0 Å². The molecule has 0 fully saturated rings. The van der Waals surface area contributed by atoms with Crippen molar-refractivity contribution >= 4 is 21.9 Å². The lowest BCUT2D eigenvalue weighted by atomic mass is 9.79. The Morgan fingerprint density at radius 1 is 1.62 bits per heavy atom. The lowest BCUT2D eigenvalue weighted by Gasteiger charge is -2.25. The number of rotatable bonds is 4. The molecule has 1 unspecified atom stereocenters. The number of carbonyl (C=O) groups is 1. The van der Waals surface area contributed by atoms with Crippen LogP contribution >= 0.6 is 15.9 Å². The summed E-state index contributed by atoms with van der Waals surface area (Å²) >= 11 is 3.20. The zero-order chi connectivity index (χ0) is 12.3. The van der Waals surface area contributed by atoms with Gasteiger partial charge in [-0.2, -0.15) is 0 Å². The quantitative estimate of drug-likeness (QED) is 0.894. The Balaban J connectivity index is 3.31. The molecule has 1 rings (SSSR count). The summed E-state index contributed by atoms with van der Waals surface area (Å²) in [5.74, 6) is -1.60. The molecule has 0 spiro atoms. The Hall–Kier alpha value is -0.940. The van der Waals surface area contributed by atoms with Gasteiger partial charge in [0.15, 0.2) is 0 Å². The van der Waals surface area contributed by atoms with Gasteiger partial charge in [-0.1, -0.05) is 15.9 Å². The molecule has 0 bridgehead atoms. The van der Waals surface area contributed by atoms with Gasteiger partial charge in [0, 0.05) is 10.0 Å². The molecular formula is C11H13BrFNO2. The fourth-order valence-electron chi connectivity index (χ4n) is 1.57. The number of aliphatic carboxylic acids is 1. The first kappa shape index (κ1) is 13.1. The summed E-state index contributed by atoms with van der Waals surface area (Å²) in [5.41, 5.74) is 4.24. The number of nitrogens with two attached hydrogens (primary N) is 1. The Morgan fingerprint density at radius 3 is 2.75 bits per heavy atom. The standard InChI is InChI=1S/C11H13BrFNO2/c1-11(4-5-14,10(15)16)8-6-7(12)2-3-9(8)13/h2-3,6H,4-5,14H2,1H3,(H,15,16). The maximum atomic E-state index is 13.6. The first-order valence-electron chi connectivity index (χ1n) is 4.81. The number of hydrogen-bond donors (Lipinski definition) is 2. The Bertz CT molecular complexity index is 411. The molecule has 0 amide bonds. The Kier molecular flexibility index (Phi) is 4.04. The SMILES string of the molecule is CC(CCN)(C(=O)O)c1cc(Br)ccc1F. The van der Waals surface area contributed by atoms with Crippen molar-refractivity contribution in [3.63, 3.8) is 0 Å². The molecule has 0 aliphatic carbocycles. The van der Waals surface area contributed by atoms with E-state index in [2.05, 4.69) is 15.9 Å². The van der Waals surface area contributed by atoms with Crippen LogP contribution in [0.4, 0.5) is 4.39 Å². The van der Waals surface area contributed by atoms with Crippen LogP contribution in [-0.2, 0) is 10.2 Å². The third kappa shape index (κ3) is 2.41. The minimum atomic E-state index is -1.29. The van der Waals surface area contributed by atoms with Crippen LogP contribution in [0.5, 0.6) is 0 Å². The monoisotopic (exact) mass is 289 g/mol. The van der Waals surface area contributed by atoms with Crippen molar-refractivity contribution in [3.8, 4) is 0 Å². The molecule has 16 heavy (non-hydrogen) atoms. The summed E-state index contributed by atoms with van der Waals surface area (Å²) in [6, 6.07) is 4.26. The lowest BCUT2D eigenvalue weighted by molar-refractivity contribution is -0.143. The molecule has 3 nitrogen and oxygen atoms in total. The van der Waals surface area contributed by atoms with Gasteiger partial charge in [0.05, 0.1) is 5.41 Å². The lowest BCUT2D eigenvalue weighted by Crippen LogP contribution is -2.35. The highest BCUT2D eigenvalue weighted by molar-refractivity contribution is 9.10. The molecular weight excluding hydrogens is 277 g/mol. The van der Waals surface area contributed by atoms with E-state index in [4.69, 9.17) is 5.73 Å². The molecule has 5 heteroatoms. The zero-order valence-electron chi connectivity index (χ0n) is 8.84. The van der Waals surface area contributed by atoms with Crippen molar-refractivity contribution in [1.82, 2.24) is 0 Å². The van der Waals surface area contributed by atoms with E-state index in [1.54, 1.807) is 0 Å². The molecule has 1 aromatic rings. The van der Waals surface area contributed by atoms with E-state index in [0.717, 1.165) is 0 Å². The molecule has 0 aromatic heterocycles. The molecule has 0 heterocycles. The van der Waals surface area contributed by atoms with Crippen molar-refractivity contribution in [2.75, 3.05) is 6.54 Å². The van der Waals surface area contributed by atoms with E-state index in [0.29, 0.717) is 4.47 Å². The van der Waals surface area contributed by atoms with Gasteiger partial charge in [0.1, 0.15) is 5.82 Å². The second-order valence-electron chi connectivity index (χ2n) is 3.80. The van der Waals surface area contributed by atoms with Gasteiger partial charge in [0.2, 0.25) is 0 Å². The highest BCUT2D eigenvalue weighted by atomic mass is 79.9. The molecule has 0 aliphatic rings. The molecule has 0 aliphatic heterocycles. The second-order valence-corrected chi connectivity index (χ2v) is 4.72. The van der Waals surface area contributed by atoms with E-state index in [-0.39, 0.29) is 18.5 Å². The van der Waals surface area contributed by atoms with Gasteiger partial charge in [-0.3, -0.25) is 4.79 Å². The molecule has 0 saturated heterocycles. The first-order valence-corrected chi connectivity index (χ1v) is 5.60. The highest BCUT2D eigenvalue weighted by Gasteiger charge is 2.36. The van der Waals surface area contributed by atoms with Crippen LogP contribution in [0, 0.1) is 5.82 Å². The van der Waals surface area contributed by atoms with Crippen LogP contribution in [-0.4, -0.2) is 17.6 Å². The van der Waals surface area contributed by atoms with Gasteiger partial charge in [-0.05, 0) is 38.1 Å². The van der Waals surface area contributed by atoms with E-state index < -0.39 is 17.2 Å². The van der Waals surface area contributed by atoms with Crippen molar-refractivity contribution in [2.45, 2.75) is 18.8 Å². The number of hydrogen-bond acceptors (Lipinski definition) is 2. The average Bonchev–Trinajstić information content (AvgIpc) is 2.21. The average molecular weight is 290 g/mol. The molecule has 1 aromatic carbocycles. The molecule has 1 atom stereocenters. The highest BCUT2D eigenvalue weighted by Crippen LogP contribution is 2.31. The molecule has 88 valence electrons. The Labute approximate surface area is 102 Å². The molecule has 3 N–H and O–H groups in total. The van der Waals surface area contributed by atoms with Crippen LogP contribution < -0.4 is 5.73 Å². The minimum Gasteiger partial charge on any atom is -0.481 e. The largest absolute Gasteiger partial charge is 0.481 e. The third-order valence-corrected chi connectivity index (χ3v) is 3.13. The van der Waals surface area contributed by atoms with Gasteiger partial charge < -0.3 is 10.8 Å². The molecule has 0 saturated carbocycles. The van der Waals surface area contributed by atoms with Crippen molar-refractivity contribution in [3.05, 3.63) is 34.1 Å². The maximum Gasteiger partial charge on any atom is 0.313 e. The summed E-state index contributed by atoms with van der Waals surface area (Å²) < 4.78 is 14.3. The number of benzene rings is 1. The topological polar surface area (TPSA) is 63.3 Å². The first-order chi connectivity index (χ1) is 7.41. The van der Waals surface area contributed by atoms with Gasteiger partial charge in [0.25, 0.3) is 0 Å². The van der Waals surface area contributed by atoms with Crippen molar-refractivity contribution in [1.29, 1.82) is 0 Å². The number of halogens is 2. The maximum absolute atomic E-state index is 13.6. The van der Waals surface area contributed by atoms with Crippen LogP contribution in [0.25, 0.3) is 0 Å². The number of carboxylic acid groups (broad SMARTS) is 1. The van der Waals surface area contributed by atoms with E-state index >= 15 is 0 Å². The van der Waals surface area contributed by atoms with Crippen LogP contribution in [0.1, 0.15) is 18.9 Å². The van der Waals surface area contributed by atoms with Gasteiger partial charge >= 0.3 is 5.97 Å². The second kappa shape index (κ2) is 4.93. The minimum absolute atomic E-state index is 0.153. The smallest absolute Gasteiger partial charge is 0.313 e. The Morgan fingerprint density at radius 2 is 2.25 bits per heavy atom. The van der Waals surface area contributed by atoms with Crippen LogP contribution in [0.2, 0.25) is 0 Å². The molecule has 0 radical (unpaired) electrons. The summed E-state index contributed by atoms with van der Waals surface area (Å²) in [7, 11) is 0. The van der Waals surface area contributed by atoms with Crippen molar-refractivity contribution in [2.24, 2.45) is 5.73 Å². The van der Waals surface area contributed by atoms with Crippen LogP contribution in [0.15, 0.2) is 22.7 Å². The van der Waals surface area contributed by atoms with E-state index in [1.165, 1.54) is 25.1 Å². The summed E-state index contributed by atoms with van der Waals surface area (Å²) in [6.07, 6.45) is 0.190. The fraction of sp³-hybridized carbons (Fsp3) is 0.364. The fourth-order valence-corrected chi connectivity index (χ4v) is 1.93. The normalized spacial score (nSPS) is 14.5. The van der Waals surface area contributed by atoms with Gasteiger partial charge in [-0.15, -0.1) is 0 Å². The summed E-state index contributed by atoms with van der Waals surface area (Å²) in [4.78, 5) is 11.2. The van der Waals surface area contributed by atoms with Crippen LogP contribution in [0.3, 0.4) is 0 Å². The third-order valence-electron chi connectivity index (χ3n) is 2.64. The summed E-state index contributed by atoms with van der Waals surface area (Å²) in [6.45, 7) is 1.67. The van der Waals surface area contributed by atoms with E-state index in [9.17, 15) is 14.3 Å². The number of carboxylic acids is 1. The zero-order valence-corrected chi connectivity index (χ0v) is 10.4. The van der Waals surface area contributed by atoms with Crippen molar-refractivity contribution < 1.29 is 14.3 Å². The predicted molar refractivity (Wildman–Crippen MR) is 62.8 cm³/mol. The predicted octanol–water partition coefficient (Wildman–Crippen LogP) is 2.28. The summed E-state index contributed by atoms with van der Waals surface area (Å²) in [5, 5.41) is 9.19. The van der Waals surface area contributed by atoms with Gasteiger partial charge in [-0.25, -0.2) is 4.39 Å².